The molecule has 0 aliphatic heterocycles. The number of hydrogen-bond donors (Lipinski definition) is 1. The van der Waals surface area contributed by atoms with Crippen LogP contribution < -0.4 is 5.32 Å². The molecule has 0 fully saturated rings. The predicted molar refractivity (Wildman–Crippen MR) is 53.9 cm³/mol. The van der Waals surface area contributed by atoms with Crippen LogP contribution in [-0.2, 0) is 0 Å². The van der Waals surface area contributed by atoms with Crippen LogP contribution in [0, 0.1) is 5.82 Å². The Hall–Kier alpha value is -1.22. The normalized spacial score (nSPS) is 12.5. The fourth-order valence-electron chi connectivity index (χ4n) is 1.29. The molecule has 2 nitrogen and oxygen atoms in total. The van der Waals surface area contributed by atoms with Crippen molar-refractivity contribution in [2.45, 2.75) is 19.9 Å². The number of carbonyl (C=O) groups is 1. The summed E-state index contributed by atoms with van der Waals surface area (Å²) < 4.78 is 13.2. The van der Waals surface area contributed by atoms with Gasteiger partial charge in [-0.25, -0.2) is 4.39 Å². The molecule has 1 aromatic rings. The van der Waals surface area contributed by atoms with Gasteiger partial charge in [-0.3, -0.25) is 4.79 Å². The summed E-state index contributed by atoms with van der Waals surface area (Å²) in [5.41, 5.74) is 0.154. The number of rotatable bonds is 4. The second kappa shape index (κ2) is 4.86. The summed E-state index contributed by atoms with van der Waals surface area (Å²) in [6.45, 7) is 4.34. The molecule has 1 N–H and O–H groups in total. The molecule has 0 spiro atoms. The van der Waals surface area contributed by atoms with Gasteiger partial charge in [-0.05, 0) is 25.6 Å². The largest absolute Gasteiger partial charge is 0.308 e. The summed E-state index contributed by atoms with van der Waals surface area (Å²) in [4.78, 5) is 11.7. The molecule has 76 valence electrons. The van der Waals surface area contributed by atoms with Crippen LogP contribution in [0.4, 0.5) is 4.39 Å². The highest BCUT2D eigenvalue weighted by molar-refractivity contribution is 6.00. The molecule has 0 heterocycles. The third-order valence-electron chi connectivity index (χ3n) is 2.04. The zero-order valence-corrected chi connectivity index (χ0v) is 8.38. The Balaban J connectivity index is 2.84. The first kappa shape index (κ1) is 10.9. The number of Topliss-reactive ketones (excluding diaryl/α,β-unsaturated/α-hetero) is 1. The van der Waals surface area contributed by atoms with E-state index in [9.17, 15) is 9.18 Å². The van der Waals surface area contributed by atoms with Crippen molar-refractivity contribution in [3.8, 4) is 0 Å². The SMILES string of the molecule is CCN[C@H](C)C(=O)c1ccccc1F. The van der Waals surface area contributed by atoms with Crippen molar-refractivity contribution in [3.05, 3.63) is 35.6 Å². The van der Waals surface area contributed by atoms with Crippen LogP contribution in [0.5, 0.6) is 0 Å². The van der Waals surface area contributed by atoms with Crippen LogP contribution >= 0.6 is 0 Å². The van der Waals surface area contributed by atoms with E-state index in [1.807, 2.05) is 6.92 Å². The van der Waals surface area contributed by atoms with E-state index in [2.05, 4.69) is 5.32 Å². The van der Waals surface area contributed by atoms with Gasteiger partial charge in [0, 0.05) is 0 Å². The highest BCUT2D eigenvalue weighted by Gasteiger charge is 2.16. The zero-order valence-electron chi connectivity index (χ0n) is 8.38. The number of nitrogens with one attached hydrogen (secondary N) is 1. The Morgan fingerprint density at radius 1 is 1.50 bits per heavy atom. The van der Waals surface area contributed by atoms with Crippen LogP contribution in [0.1, 0.15) is 24.2 Å². The van der Waals surface area contributed by atoms with E-state index in [1.54, 1.807) is 19.1 Å². The van der Waals surface area contributed by atoms with E-state index in [4.69, 9.17) is 0 Å². The predicted octanol–water partition coefficient (Wildman–Crippen LogP) is 2.01. The van der Waals surface area contributed by atoms with Gasteiger partial charge in [0.1, 0.15) is 5.82 Å². The lowest BCUT2D eigenvalue weighted by Gasteiger charge is -2.11. The van der Waals surface area contributed by atoms with E-state index in [-0.39, 0.29) is 17.4 Å². The van der Waals surface area contributed by atoms with Crippen molar-refractivity contribution in [1.29, 1.82) is 0 Å². The molecular weight excluding hydrogens is 181 g/mol. The molecular formula is C11H14FNO. The van der Waals surface area contributed by atoms with Crippen LogP contribution in [-0.4, -0.2) is 18.4 Å². The van der Waals surface area contributed by atoms with Gasteiger partial charge in [-0.1, -0.05) is 19.1 Å². The quantitative estimate of drug-likeness (QED) is 0.744. The third-order valence-corrected chi connectivity index (χ3v) is 2.04. The Morgan fingerprint density at radius 3 is 2.71 bits per heavy atom. The van der Waals surface area contributed by atoms with Gasteiger partial charge in [0.15, 0.2) is 5.78 Å². The van der Waals surface area contributed by atoms with Gasteiger partial charge in [-0.2, -0.15) is 0 Å². The van der Waals surface area contributed by atoms with Crippen LogP contribution in [0.3, 0.4) is 0 Å². The van der Waals surface area contributed by atoms with Gasteiger partial charge >= 0.3 is 0 Å². The van der Waals surface area contributed by atoms with Crippen molar-refractivity contribution >= 4 is 5.78 Å². The lowest BCUT2D eigenvalue weighted by Crippen LogP contribution is -2.34. The molecule has 0 aromatic heterocycles. The Labute approximate surface area is 83.1 Å². The summed E-state index contributed by atoms with van der Waals surface area (Å²) in [7, 11) is 0. The van der Waals surface area contributed by atoms with E-state index < -0.39 is 5.82 Å². The zero-order chi connectivity index (χ0) is 10.6. The topological polar surface area (TPSA) is 29.1 Å². The molecule has 0 saturated carbocycles. The second-order valence-electron chi connectivity index (χ2n) is 3.12. The van der Waals surface area contributed by atoms with Gasteiger partial charge < -0.3 is 5.32 Å². The van der Waals surface area contributed by atoms with Crippen molar-refractivity contribution < 1.29 is 9.18 Å². The third kappa shape index (κ3) is 2.39. The van der Waals surface area contributed by atoms with Crippen molar-refractivity contribution in [3.63, 3.8) is 0 Å². The maximum atomic E-state index is 13.2. The highest BCUT2D eigenvalue weighted by Crippen LogP contribution is 2.08. The number of halogens is 1. The summed E-state index contributed by atoms with van der Waals surface area (Å²) in [5.74, 6) is -0.660. The maximum absolute atomic E-state index is 13.2. The molecule has 0 aliphatic carbocycles. The van der Waals surface area contributed by atoms with Crippen LogP contribution in [0.25, 0.3) is 0 Å². The lowest BCUT2D eigenvalue weighted by atomic mass is 10.1. The summed E-state index contributed by atoms with van der Waals surface area (Å²) in [5, 5.41) is 2.95. The fraction of sp³-hybridized carbons (Fsp3) is 0.364. The molecule has 0 radical (unpaired) electrons. The summed E-state index contributed by atoms with van der Waals surface area (Å²) in [6, 6.07) is 5.70. The van der Waals surface area contributed by atoms with Crippen molar-refractivity contribution in [2.24, 2.45) is 0 Å². The monoisotopic (exact) mass is 195 g/mol. The molecule has 0 bridgehead atoms. The smallest absolute Gasteiger partial charge is 0.182 e. The van der Waals surface area contributed by atoms with E-state index >= 15 is 0 Å². The fourth-order valence-corrected chi connectivity index (χ4v) is 1.29. The molecule has 14 heavy (non-hydrogen) atoms. The first-order valence-corrected chi connectivity index (χ1v) is 4.69. The molecule has 1 aromatic carbocycles. The molecule has 3 heteroatoms. The van der Waals surface area contributed by atoms with Crippen LogP contribution in [0.15, 0.2) is 24.3 Å². The molecule has 0 unspecified atom stereocenters. The minimum Gasteiger partial charge on any atom is -0.308 e. The van der Waals surface area contributed by atoms with E-state index in [1.165, 1.54) is 12.1 Å². The van der Waals surface area contributed by atoms with Crippen molar-refractivity contribution in [1.82, 2.24) is 5.32 Å². The summed E-state index contributed by atoms with van der Waals surface area (Å²) >= 11 is 0. The number of ketones is 1. The number of benzene rings is 1. The maximum Gasteiger partial charge on any atom is 0.182 e. The molecule has 1 rings (SSSR count). The van der Waals surface area contributed by atoms with E-state index in [0.717, 1.165) is 0 Å². The van der Waals surface area contributed by atoms with Gasteiger partial charge in [0.05, 0.1) is 11.6 Å². The number of likely N-dealkylation sites (N-methyl/N-ethyl adjacent to an activating group) is 1. The molecule has 0 aliphatic rings. The number of hydrogen-bond acceptors (Lipinski definition) is 2. The van der Waals surface area contributed by atoms with Crippen molar-refractivity contribution in [2.75, 3.05) is 6.54 Å². The number of carbonyl (C=O) groups excluding carboxylic acids is 1. The van der Waals surface area contributed by atoms with Gasteiger partial charge in [-0.15, -0.1) is 0 Å². The minimum atomic E-state index is -0.456. The molecule has 0 amide bonds. The lowest BCUT2D eigenvalue weighted by molar-refractivity contribution is 0.0948. The Bertz CT molecular complexity index is 325. The van der Waals surface area contributed by atoms with Gasteiger partial charge in [0.2, 0.25) is 0 Å². The Morgan fingerprint density at radius 2 is 2.14 bits per heavy atom. The molecule has 1 atom stereocenters. The standard InChI is InChI=1S/C11H14FNO/c1-3-13-8(2)11(14)9-6-4-5-7-10(9)12/h4-8,13H,3H2,1-2H3/t8-/m1/s1. The van der Waals surface area contributed by atoms with E-state index in [0.29, 0.717) is 6.54 Å². The second-order valence-corrected chi connectivity index (χ2v) is 3.12. The summed E-state index contributed by atoms with van der Waals surface area (Å²) in [6.07, 6.45) is 0. The first-order chi connectivity index (χ1) is 6.66. The first-order valence-electron chi connectivity index (χ1n) is 4.69. The Kier molecular flexibility index (Phi) is 3.77. The average molecular weight is 195 g/mol. The molecule has 0 saturated heterocycles. The van der Waals surface area contributed by atoms with Gasteiger partial charge in [0.25, 0.3) is 0 Å². The average Bonchev–Trinajstić information content (AvgIpc) is 2.18. The minimum absolute atomic E-state index is 0.154. The highest BCUT2D eigenvalue weighted by atomic mass is 19.1. The van der Waals surface area contributed by atoms with Crippen LogP contribution in [0.2, 0.25) is 0 Å².